The van der Waals surface area contributed by atoms with Crippen molar-refractivity contribution in [3.8, 4) is 0 Å². The maximum absolute atomic E-state index is 12.8. The number of aliphatic hydroxyl groups is 2. The second kappa shape index (κ2) is 5.94. The largest absolute Gasteiger partial charge is 0.394 e. The lowest BCUT2D eigenvalue weighted by atomic mass is 9.77. The van der Waals surface area contributed by atoms with Gasteiger partial charge in [-0.2, -0.15) is 0 Å². The average Bonchev–Trinajstić information content (AvgIpc) is 2.99. The Morgan fingerprint density at radius 2 is 1.75 bits per heavy atom. The summed E-state index contributed by atoms with van der Waals surface area (Å²) in [6, 6.07) is 9.80. The summed E-state index contributed by atoms with van der Waals surface area (Å²) in [5.74, 6) is -0.0909. The van der Waals surface area contributed by atoms with Gasteiger partial charge < -0.3 is 15.5 Å². The molecule has 2 rings (SSSR count). The Hall–Kier alpha value is -1.39. The van der Waals surface area contributed by atoms with E-state index in [0.717, 1.165) is 31.2 Å². The molecule has 1 aromatic carbocycles. The third kappa shape index (κ3) is 2.72. The molecule has 0 aromatic heterocycles. The van der Waals surface area contributed by atoms with E-state index in [1.807, 2.05) is 30.3 Å². The van der Waals surface area contributed by atoms with Gasteiger partial charge in [0, 0.05) is 0 Å². The highest BCUT2D eigenvalue weighted by Gasteiger charge is 2.44. The van der Waals surface area contributed by atoms with E-state index in [9.17, 15) is 15.0 Å². The number of aliphatic hydroxyl groups excluding tert-OH is 2. The van der Waals surface area contributed by atoms with E-state index in [0.29, 0.717) is 0 Å². The minimum Gasteiger partial charge on any atom is -0.394 e. The third-order valence-corrected chi connectivity index (χ3v) is 4.33. The van der Waals surface area contributed by atoms with Crippen LogP contribution in [0.4, 0.5) is 0 Å². The summed E-state index contributed by atoms with van der Waals surface area (Å²) in [7, 11) is 0. The summed E-state index contributed by atoms with van der Waals surface area (Å²) in [6.07, 6.45) is 3.68. The summed E-state index contributed by atoms with van der Waals surface area (Å²) in [6.45, 7) is 1.10. The first kappa shape index (κ1) is 15.0. The molecule has 110 valence electrons. The normalized spacial score (nSPS) is 17.9. The Kier molecular flexibility index (Phi) is 4.45. The molecule has 0 aliphatic heterocycles. The molecular formula is C16H23NO3. The van der Waals surface area contributed by atoms with Crippen molar-refractivity contribution in [1.29, 1.82) is 0 Å². The number of nitrogens with one attached hydrogen (secondary N) is 1. The van der Waals surface area contributed by atoms with Gasteiger partial charge in [-0.1, -0.05) is 43.2 Å². The van der Waals surface area contributed by atoms with Crippen LogP contribution in [0.25, 0.3) is 0 Å². The Bertz CT molecular complexity index is 448. The van der Waals surface area contributed by atoms with Gasteiger partial charge in [0.25, 0.3) is 0 Å². The summed E-state index contributed by atoms with van der Waals surface area (Å²) < 4.78 is 0. The fourth-order valence-electron chi connectivity index (χ4n) is 2.91. The van der Waals surface area contributed by atoms with Crippen molar-refractivity contribution in [2.75, 3.05) is 13.2 Å². The van der Waals surface area contributed by atoms with E-state index in [1.165, 1.54) is 0 Å². The van der Waals surface area contributed by atoms with Gasteiger partial charge in [-0.05, 0) is 25.3 Å². The summed E-state index contributed by atoms with van der Waals surface area (Å²) in [5.41, 5.74) is -0.470. The predicted octanol–water partition coefficient (Wildman–Crippen LogP) is 1.36. The topological polar surface area (TPSA) is 69.6 Å². The van der Waals surface area contributed by atoms with Gasteiger partial charge in [-0.3, -0.25) is 4.79 Å². The van der Waals surface area contributed by atoms with Crippen LogP contribution in [0.5, 0.6) is 0 Å². The highest BCUT2D eigenvalue weighted by molar-refractivity contribution is 5.89. The van der Waals surface area contributed by atoms with Crippen LogP contribution in [0.1, 0.15) is 38.2 Å². The smallest absolute Gasteiger partial charge is 0.231 e. The molecule has 0 radical (unpaired) electrons. The molecule has 0 atom stereocenters. The first-order valence-electron chi connectivity index (χ1n) is 7.16. The van der Waals surface area contributed by atoms with E-state index < -0.39 is 11.0 Å². The fraction of sp³-hybridized carbons (Fsp3) is 0.562. The molecule has 1 aliphatic rings. The molecule has 1 aromatic rings. The molecule has 1 saturated carbocycles. The highest BCUT2D eigenvalue weighted by Crippen LogP contribution is 2.41. The van der Waals surface area contributed by atoms with Crippen molar-refractivity contribution in [2.24, 2.45) is 0 Å². The standard InChI is InChI=1S/C16H23NO3/c1-15(11-18,12-19)17-14(20)16(9-5-6-10-16)13-7-3-2-4-8-13/h2-4,7-8,18-19H,5-6,9-12H2,1H3,(H,17,20). The number of carbonyl (C=O) groups excluding carboxylic acids is 1. The van der Waals surface area contributed by atoms with Crippen LogP contribution in [-0.4, -0.2) is 34.9 Å². The van der Waals surface area contributed by atoms with E-state index in [1.54, 1.807) is 6.92 Å². The number of benzene rings is 1. The van der Waals surface area contributed by atoms with E-state index >= 15 is 0 Å². The summed E-state index contributed by atoms with van der Waals surface area (Å²) in [4.78, 5) is 12.8. The van der Waals surface area contributed by atoms with Gasteiger partial charge in [-0.25, -0.2) is 0 Å². The van der Waals surface area contributed by atoms with Crippen LogP contribution < -0.4 is 5.32 Å². The first-order valence-corrected chi connectivity index (χ1v) is 7.16. The lowest BCUT2D eigenvalue weighted by molar-refractivity contribution is -0.129. The molecule has 0 bridgehead atoms. The SMILES string of the molecule is CC(CO)(CO)NC(=O)C1(c2ccccc2)CCCC1. The van der Waals surface area contributed by atoms with Crippen molar-refractivity contribution in [3.63, 3.8) is 0 Å². The molecular weight excluding hydrogens is 254 g/mol. The Morgan fingerprint density at radius 1 is 1.20 bits per heavy atom. The molecule has 0 spiro atoms. The van der Waals surface area contributed by atoms with Crippen molar-refractivity contribution < 1.29 is 15.0 Å². The number of hydrogen-bond acceptors (Lipinski definition) is 3. The van der Waals surface area contributed by atoms with Crippen LogP contribution in [0, 0.1) is 0 Å². The minimum absolute atomic E-state index is 0.0909. The molecule has 0 unspecified atom stereocenters. The van der Waals surface area contributed by atoms with Crippen molar-refractivity contribution >= 4 is 5.91 Å². The van der Waals surface area contributed by atoms with Gasteiger partial charge in [0.1, 0.15) is 0 Å². The third-order valence-electron chi connectivity index (χ3n) is 4.33. The molecule has 0 heterocycles. The lowest BCUT2D eigenvalue weighted by Crippen LogP contribution is -2.57. The van der Waals surface area contributed by atoms with Crippen LogP contribution in [0.2, 0.25) is 0 Å². The zero-order valence-corrected chi connectivity index (χ0v) is 11.9. The van der Waals surface area contributed by atoms with E-state index in [-0.39, 0.29) is 19.1 Å². The Labute approximate surface area is 119 Å². The van der Waals surface area contributed by atoms with Crippen LogP contribution in [0.3, 0.4) is 0 Å². The first-order chi connectivity index (χ1) is 9.56. The molecule has 1 fully saturated rings. The van der Waals surface area contributed by atoms with Crippen molar-refractivity contribution in [1.82, 2.24) is 5.32 Å². The summed E-state index contributed by atoms with van der Waals surface area (Å²) >= 11 is 0. The second-order valence-electron chi connectivity index (χ2n) is 5.99. The predicted molar refractivity (Wildman–Crippen MR) is 77.3 cm³/mol. The quantitative estimate of drug-likeness (QED) is 0.761. The van der Waals surface area contributed by atoms with Crippen molar-refractivity contribution in [2.45, 2.75) is 43.6 Å². The van der Waals surface area contributed by atoms with Crippen LogP contribution in [0.15, 0.2) is 30.3 Å². The fourth-order valence-corrected chi connectivity index (χ4v) is 2.91. The monoisotopic (exact) mass is 277 g/mol. The summed E-state index contributed by atoms with van der Waals surface area (Å²) in [5, 5.41) is 21.5. The van der Waals surface area contributed by atoms with Crippen molar-refractivity contribution in [3.05, 3.63) is 35.9 Å². The maximum Gasteiger partial charge on any atom is 0.231 e. The number of carbonyl (C=O) groups is 1. The van der Waals surface area contributed by atoms with Crippen LogP contribution in [-0.2, 0) is 10.2 Å². The number of amides is 1. The molecule has 1 amide bonds. The second-order valence-corrected chi connectivity index (χ2v) is 5.99. The Balaban J connectivity index is 2.28. The minimum atomic E-state index is -0.971. The molecule has 0 saturated heterocycles. The maximum atomic E-state index is 12.8. The molecule has 4 heteroatoms. The van der Waals surface area contributed by atoms with Gasteiger partial charge >= 0.3 is 0 Å². The van der Waals surface area contributed by atoms with Gasteiger partial charge in [-0.15, -0.1) is 0 Å². The number of rotatable bonds is 5. The number of hydrogen-bond donors (Lipinski definition) is 3. The lowest BCUT2D eigenvalue weighted by Gasteiger charge is -2.34. The van der Waals surface area contributed by atoms with Gasteiger partial charge in [0.2, 0.25) is 5.91 Å². The van der Waals surface area contributed by atoms with Gasteiger partial charge in [0.05, 0.1) is 24.2 Å². The molecule has 1 aliphatic carbocycles. The van der Waals surface area contributed by atoms with E-state index in [2.05, 4.69) is 5.32 Å². The van der Waals surface area contributed by atoms with E-state index in [4.69, 9.17) is 0 Å². The average molecular weight is 277 g/mol. The molecule has 20 heavy (non-hydrogen) atoms. The Morgan fingerprint density at radius 3 is 2.25 bits per heavy atom. The zero-order valence-electron chi connectivity index (χ0n) is 11.9. The van der Waals surface area contributed by atoms with Gasteiger partial charge in [0.15, 0.2) is 0 Å². The highest BCUT2D eigenvalue weighted by atomic mass is 16.3. The zero-order chi connectivity index (χ0) is 14.6. The molecule has 3 N–H and O–H groups in total. The van der Waals surface area contributed by atoms with Crippen LogP contribution >= 0.6 is 0 Å². The molecule has 4 nitrogen and oxygen atoms in total.